The summed E-state index contributed by atoms with van der Waals surface area (Å²) in [5.41, 5.74) is 0.452. The van der Waals surface area contributed by atoms with Gasteiger partial charge in [-0.1, -0.05) is 0 Å². The molecule has 0 heterocycles. The Labute approximate surface area is 98.5 Å². The molecule has 0 amide bonds. The molecule has 0 bridgehead atoms. The quantitative estimate of drug-likeness (QED) is 0.779. The molecule has 0 atom stereocenters. The van der Waals surface area contributed by atoms with Gasteiger partial charge >= 0.3 is 0 Å². The number of rotatable bonds is 6. The lowest BCUT2D eigenvalue weighted by Crippen LogP contribution is -2.08. The number of benzene rings is 1. The largest absolute Gasteiger partial charge is 0.490 e. The molecular weight excluding hydrogens is 228 g/mol. The van der Waals surface area contributed by atoms with Crippen LogP contribution in [0.2, 0.25) is 0 Å². The van der Waals surface area contributed by atoms with Gasteiger partial charge in [0, 0.05) is 18.1 Å². The Morgan fingerprint density at radius 3 is 2.71 bits per heavy atom. The van der Waals surface area contributed by atoms with Crippen molar-refractivity contribution in [3.63, 3.8) is 0 Å². The van der Waals surface area contributed by atoms with Crippen LogP contribution in [0.5, 0.6) is 5.75 Å². The average molecular weight is 243 g/mol. The molecule has 1 aromatic rings. The van der Waals surface area contributed by atoms with Gasteiger partial charge in [-0.25, -0.2) is 14.7 Å². The second-order valence-corrected chi connectivity index (χ2v) is 4.25. The summed E-state index contributed by atoms with van der Waals surface area (Å²) < 4.78 is 32.1. The van der Waals surface area contributed by atoms with Crippen molar-refractivity contribution in [3.05, 3.63) is 29.3 Å². The molecule has 1 fully saturated rings. The maximum Gasteiger partial charge on any atom is 0.168 e. The Morgan fingerprint density at radius 2 is 2.06 bits per heavy atom. The minimum atomic E-state index is -0.669. The molecule has 1 aromatic carbocycles. The van der Waals surface area contributed by atoms with E-state index in [0.29, 0.717) is 24.5 Å². The molecule has 5 heteroatoms. The first-order valence-corrected chi connectivity index (χ1v) is 5.63. The van der Waals surface area contributed by atoms with Gasteiger partial charge in [0.1, 0.15) is 5.82 Å². The first-order chi connectivity index (χ1) is 8.20. The Hall–Kier alpha value is -1.20. The van der Waals surface area contributed by atoms with Crippen LogP contribution < -0.4 is 10.6 Å². The smallest absolute Gasteiger partial charge is 0.168 e. The maximum atomic E-state index is 13.6. The summed E-state index contributed by atoms with van der Waals surface area (Å²) in [6.07, 6.45) is 2.55. The van der Waals surface area contributed by atoms with Gasteiger partial charge in [-0.05, 0) is 24.8 Å². The van der Waals surface area contributed by atoms with E-state index in [4.69, 9.17) is 10.6 Å². The predicted octanol–water partition coefficient (Wildman–Crippen LogP) is 2.19. The van der Waals surface area contributed by atoms with Gasteiger partial charge in [0.25, 0.3) is 0 Å². The second-order valence-electron chi connectivity index (χ2n) is 4.25. The van der Waals surface area contributed by atoms with Crippen molar-refractivity contribution >= 4 is 0 Å². The lowest BCUT2D eigenvalue weighted by Gasteiger charge is -2.12. The van der Waals surface area contributed by atoms with Crippen LogP contribution in [-0.2, 0) is 11.3 Å². The van der Waals surface area contributed by atoms with E-state index in [9.17, 15) is 8.78 Å². The lowest BCUT2D eigenvalue weighted by atomic mass is 10.1. The van der Waals surface area contributed by atoms with E-state index in [1.165, 1.54) is 6.07 Å². The molecule has 0 spiro atoms. The number of hydrogen-bond acceptors (Lipinski definition) is 3. The molecule has 0 saturated heterocycles. The Balaban J connectivity index is 2.12. The molecule has 0 radical (unpaired) electrons. The van der Waals surface area contributed by atoms with E-state index in [2.05, 4.69) is 4.84 Å². The minimum absolute atomic E-state index is 0.121. The highest BCUT2D eigenvalue weighted by Crippen LogP contribution is 2.31. The third-order valence-corrected chi connectivity index (χ3v) is 2.73. The van der Waals surface area contributed by atoms with Crippen molar-refractivity contribution in [2.24, 2.45) is 11.8 Å². The average Bonchev–Trinajstić information content (AvgIpc) is 3.08. The highest BCUT2D eigenvalue weighted by atomic mass is 19.1. The van der Waals surface area contributed by atoms with Crippen molar-refractivity contribution in [1.29, 1.82) is 0 Å². The van der Waals surface area contributed by atoms with E-state index >= 15 is 0 Å². The second kappa shape index (κ2) is 5.42. The molecule has 1 aliphatic carbocycles. The fourth-order valence-corrected chi connectivity index (χ4v) is 1.62. The van der Waals surface area contributed by atoms with Crippen molar-refractivity contribution in [3.8, 4) is 5.75 Å². The third-order valence-electron chi connectivity index (χ3n) is 2.73. The van der Waals surface area contributed by atoms with Crippen LogP contribution in [0.15, 0.2) is 12.1 Å². The highest BCUT2D eigenvalue weighted by Gasteiger charge is 2.23. The van der Waals surface area contributed by atoms with Gasteiger partial charge in [0.05, 0.1) is 13.2 Å². The summed E-state index contributed by atoms with van der Waals surface area (Å²) in [7, 11) is 0. The van der Waals surface area contributed by atoms with E-state index < -0.39 is 11.6 Å². The molecule has 17 heavy (non-hydrogen) atoms. The zero-order chi connectivity index (χ0) is 12.3. The predicted molar refractivity (Wildman–Crippen MR) is 58.4 cm³/mol. The maximum absolute atomic E-state index is 13.6. The van der Waals surface area contributed by atoms with Crippen LogP contribution >= 0.6 is 0 Å². The molecule has 94 valence electrons. The number of hydrogen-bond donors (Lipinski definition) is 1. The Morgan fingerprint density at radius 1 is 1.29 bits per heavy atom. The number of nitrogens with two attached hydrogens (primary N) is 1. The summed E-state index contributed by atoms with van der Waals surface area (Å²) in [5.74, 6) is 4.25. The Kier molecular flexibility index (Phi) is 3.91. The van der Waals surface area contributed by atoms with E-state index in [0.717, 1.165) is 18.9 Å². The summed E-state index contributed by atoms with van der Waals surface area (Å²) in [6, 6.07) is 2.08. The molecule has 3 nitrogen and oxygen atoms in total. The molecule has 0 unspecified atom stereocenters. The van der Waals surface area contributed by atoms with Gasteiger partial charge in [0.15, 0.2) is 11.6 Å². The van der Waals surface area contributed by atoms with Gasteiger partial charge in [-0.3, -0.25) is 0 Å². The topological polar surface area (TPSA) is 44.5 Å². The van der Waals surface area contributed by atoms with Crippen LogP contribution in [0.4, 0.5) is 8.78 Å². The summed E-state index contributed by atoms with van der Waals surface area (Å²) >= 11 is 0. The molecule has 1 saturated carbocycles. The Bertz CT molecular complexity index is 394. The van der Waals surface area contributed by atoms with E-state index in [1.54, 1.807) is 0 Å². The summed E-state index contributed by atoms with van der Waals surface area (Å²) in [6.45, 7) is 0.682. The van der Waals surface area contributed by atoms with Gasteiger partial charge in [0.2, 0.25) is 0 Å². The van der Waals surface area contributed by atoms with Crippen molar-refractivity contribution in [2.75, 3.05) is 13.2 Å². The monoisotopic (exact) mass is 243 g/mol. The van der Waals surface area contributed by atoms with Crippen LogP contribution in [0.3, 0.4) is 0 Å². The number of halogens is 2. The SMILES string of the molecule is NOCCc1cc(F)cc(F)c1OCC1CC1. The molecule has 2 rings (SSSR count). The summed E-state index contributed by atoms with van der Waals surface area (Å²) in [5, 5.41) is 0. The molecule has 1 aliphatic rings. The molecular formula is C12H15F2NO2. The van der Waals surface area contributed by atoms with Crippen LogP contribution in [-0.4, -0.2) is 13.2 Å². The van der Waals surface area contributed by atoms with Crippen LogP contribution in [0.1, 0.15) is 18.4 Å². The van der Waals surface area contributed by atoms with E-state index in [1.807, 2.05) is 0 Å². The first-order valence-electron chi connectivity index (χ1n) is 5.63. The van der Waals surface area contributed by atoms with Gasteiger partial charge in [-0.15, -0.1) is 0 Å². The standard InChI is InChI=1S/C12H15F2NO2/c13-10-5-9(3-4-17-15)12(11(14)6-10)16-7-8-1-2-8/h5-6,8H,1-4,7,15H2. The fourth-order valence-electron chi connectivity index (χ4n) is 1.62. The van der Waals surface area contributed by atoms with Crippen LogP contribution in [0, 0.1) is 17.6 Å². The normalized spacial score (nSPS) is 15.0. The minimum Gasteiger partial charge on any atom is -0.490 e. The molecule has 0 aliphatic heterocycles. The van der Waals surface area contributed by atoms with E-state index in [-0.39, 0.29) is 12.4 Å². The zero-order valence-electron chi connectivity index (χ0n) is 9.42. The fraction of sp³-hybridized carbons (Fsp3) is 0.500. The van der Waals surface area contributed by atoms with Crippen molar-refractivity contribution in [2.45, 2.75) is 19.3 Å². The van der Waals surface area contributed by atoms with Crippen LogP contribution in [0.25, 0.3) is 0 Å². The lowest BCUT2D eigenvalue weighted by molar-refractivity contribution is 0.140. The van der Waals surface area contributed by atoms with Gasteiger partial charge < -0.3 is 9.57 Å². The van der Waals surface area contributed by atoms with Crippen molar-refractivity contribution in [1.82, 2.24) is 0 Å². The molecule has 0 aromatic heterocycles. The summed E-state index contributed by atoms with van der Waals surface area (Å²) in [4.78, 5) is 4.42. The zero-order valence-corrected chi connectivity index (χ0v) is 9.42. The first kappa shape index (κ1) is 12.3. The number of ether oxygens (including phenoxy) is 1. The third kappa shape index (κ3) is 3.38. The highest BCUT2D eigenvalue weighted by molar-refractivity contribution is 5.36. The molecule has 2 N–H and O–H groups in total. The van der Waals surface area contributed by atoms with Crippen molar-refractivity contribution < 1.29 is 18.4 Å². The van der Waals surface area contributed by atoms with Gasteiger partial charge in [-0.2, -0.15) is 0 Å².